The average Bonchev–Trinajstić information content (AvgIpc) is 2.55. The van der Waals surface area contributed by atoms with Crippen LogP contribution < -0.4 is 5.43 Å². The molecule has 0 saturated heterocycles. The molecule has 0 aliphatic heterocycles. The number of carbonyl (C=O) groups is 1. The van der Waals surface area contributed by atoms with Gasteiger partial charge in [-0.1, -0.05) is 18.2 Å². The van der Waals surface area contributed by atoms with E-state index >= 15 is 0 Å². The molecule has 0 fully saturated rings. The first-order valence-electron chi connectivity index (χ1n) is 5.83. The van der Waals surface area contributed by atoms with Gasteiger partial charge in [0.05, 0.1) is 11.8 Å². The molecule has 0 aliphatic carbocycles. The molecule has 0 bridgehead atoms. The Morgan fingerprint density at radius 2 is 1.36 bits per heavy atom. The first kappa shape index (κ1) is 15.6. The summed E-state index contributed by atoms with van der Waals surface area (Å²) in [6.45, 7) is 0. The van der Waals surface area contributed by atoms with E-state index in [1.807, 2.05) is 5.43 Å². The number of hydrogen-bond donors (Lipinski definition) is 1. The Balaban J connectivity index is 2.23. The molecular weight excluding hydrogens is 307 g/mol. The van der Waals surface area contributed by atoms with E-state index in [0.29, 0.717) is 6.21 Å². The Bertz CT molecular complexity index is 718. The van der Waals surface area contributed by atoms with Gasteiger partial charge in [0.25, 0.3) is 5.91 Å². The molecule has 0 saturated carbocycles. The summed E-state index contributed by atoms with van der Waals surface area (Å²) in [5.41, 5.74) is 0.874. The maximum atomic E-state index is 13.3. The molecule has 1 N–H and O–H groups in total. The van der Waals surface area contributed by atoms with Gasteiger partial charge in [-0.3, -0.25) is 4.79 Å². The zero-order valence-corrected chi connectivity index (χ0v) is 10.7. The van der Waals surface area contributed by atoms with E-state index in [1.165, 1.54) is 12.1 Å². The van der Waals surface area contributed by atoms with Gasteiger partial charge in [-0.25, -0.2) is 27.4 Å². The molecule has 0 radical (unpaired) electrons. The van der Waals surface area contributed by atoms with Crippen molar-refractivity contribution in [3.8, 4) is 0 Å². The normalized spacial score (nSPS) is 11.0. The monoisotopic (exact) mass is 314 g/mol. The number of hydrazone groups is 1. The van der Waals surface area contributed by atoms with Crippen molar-refractivity contribution in [1.82, 2.24) is 5.43 Å². The molecule has 2 aromatic carbocycles. The zero-order chi connectivity index (χ0) is 16.3. The van der Waals surface area contributed by atoms with E-state index < -0.39 is 40.6 Å². The van der Waals surface area contributed by atoms with Gasteiger partial charge >= 0.3 is 0 Å². The first-order chi connectivity index (χ1) is 10.4. The lowest BCUT2D eigenvalue weighted by Crippen LogP contribution is -2.18. The van der Waals surface area contributed by atoms with Crippen LogP contribution >= 0.6 is 0 Å². The molecule has 8 heteroatoms. The molecule has 1 amide bonds. The van der Waals surface area contributed by atoms with Gasteiger partial charge in [0.2, 0.25) is 5.82 Å². The third-order valence-corrected chi connectivity index (χ3v) is 2.64. The van der Waals surface area contributed by atoms with Crippen LogP contribution in [-0.4, -0.2) is 12.1 Å². The lowest BCUT2D eigenvalue weighted by molar-refractivity contribution is 0.0955. The number of hydrogen-bond acceptors (Lipinski definition) is 2. The fourth-order valence-electron chi connectivity index (χ4n) is 1.54. The highest BCUT2D eigenvalue weighted by Crippen LogP contribution is 2.21. The summed E-state index contributed by atoms with van der Waals surface area (Å²) < 4.78 is 65.4. The van der Waals surface area contributed by atoms with E-state index in [1.54, 1.807) is 18.2 Å². The average molecular weight is 314 g/mol. The van der Waals surface area contributed by atoms with Crippen molar-refractivity contribution in [3.63, 3.8) is 0 Å². The van der Waals surface area contributed by atoms with E-state index in [4.69, 9.17) is 0 Å². The Morgan fingerprint density at radius 1 is 0.864 bits per heavy atom. The van der Waals surface area contributed by atoms with Crippen LogP contribution in [0.25, 0.3) is 0 Å². The van der Waals surface area contributed by atoms with Crippen LogP contribution in [0.1, 0.15) is 15.9 Å². The van der Waals surface area contributed by atoms with E-state index in [9.17, 15) is 26.7 Å². The van der Waals surface area contributed by atoms with Crippen molar-refractivity contribution < 1.29 is 26.7 Å². The largest absolute Gasteiger partial charge is 0.271 e. The fourth-order valence-corrected chi connectivity index (χ4v) is 1.54. The number of nitrogens with zero attached hydrogens (tertiary/aromatic N) is 1. The van der Waals surface area contributed by atoms with Crippen molar-refractivity contribution >= 4 is 12.1 Å². The number of rotatable bonds is 3. The van der Waals surface area contributed by atoms with Crippen LogP contribution in [-0.2, 0) is 0 Å². The summed E-state index contributed by atoms with van der Waals surface area (Å²) in [5, 5.41) is 3.19. The third kappa shape index (κ3) is 2.95. The number of amides is 1. The van der Waals surface area contributed by atoms with Crippen molar-refractivity contribution in [1.29, 1.82) is 0 Å². The van der Waals surface area contributed by atoms with E-state index in [2.05, 4.69) is 5.10 Å². The minimum absolute atomic E-state index is 0.206. The molecule has 0 aliphatic rings. The molecule has 0 atom stereocenters. The number of halogens is 5. The Kier molecular flexibility index (Phi) is 4.50. The van der Waals surface area contributed by atoms with Gasteiger partial charge in [-0.15, -0.1) is 0 Å². The Hall–Kier alpha value is -2.77. The summed E-state index contributed by atoms with van der Waals surface area (Å²) in [7, 11) is 0. The zero-order valence-electron chi connectivity index (χ0n) is 10.7. The molecule has 2 aromatic rings. The van der Waals surface area contributed by atoms with Crippen LogP contribution in [0.4, 0.5) is 22.0 Å². The quantitative estimate of drug-likeness (QED) is 0.305. The SMILES string of the molecule is O=C(N/N=C/c1c(F)c(F)c(F)c(F)c1F)c1ccccc1. The summed E-state index contributed by atoms with van der Waals surface area (Å²) in [6, 6.07) is 7.70. The minimum atomic E-state index is -2.26. The molecule has 22 heavy (non-hydrogen) atoms. The van der Waals surface area contributed by atoms with Crippen LogP contribution in [0.3, 0.4) is 0 Å². The Labute approximate surface area is 121 Å². The lowest BCUT2D eigenvalue weighted by atomic mass is 10.2. The number of benzene rings is 2. The predicted octanol–water partition coefficient (Wildman–Crippen LogP) is 3.15. The summed E-state index contributed by atoms with van der Waals surface area (Å²) in [6.07, 6.45) is 0.344. The summed E-state index contributed by atoms with van der Waals surface area (Å²) >= 11 is 0. The maximum Gasteiger partial charge on any atom is 0.271 e. The second kappa shape index (κ2) is 6.33. The summed E-state index contributed by atoms with van der Waals surface area (Å²) in [4.78, 5) is 11.6. The molecule has 0 spiro atoms. The first-order valence-corrected chi connectivity index (χ1v) is 5.83. The van der Waals surface area contributed by atoms with Gasteiger partial charge in [-0.2, -0.15) is 5.10 Å². The van der Waals surface area contributed by atoms with Crippen molar-refractivity contribution in [2.75, 3.05) is 0 Å². The van der Waals surface area contributed by atoms with Crippen LogP contribution in [0, 0.1) is 29.1 Å². The predicted molar refractivity (Wildman–Crippen MR) is 67.7 cm³/mol. The van der Waals surface area contributed by atoms with Gasteiger partial charge in [0.1, 0.15) is 0 Å². The van der Waals surface area contributed by atoms with E-state index in [-0.39, 0.29) is 5.56 Å². The lowest BCUT2D eigenvalue weighted by Gasteiger charge is -2.04. The standard InChI is InChI=1S/C14H7F5N2O/c15-9-8(10(16)12(18)13(19)11(9)17)6-20-21-14(22)7-4-2-1-3-5-7/h1-6H,(H,21,22)/b20-6+. The highest BCUT2D eigenvalue weighted by Gasteiger charge is 2.24. The van der Waals surface area contributed by atoms with Crippen molar-refractivity contribution in [2.24, 2.45) is 5.10 Å². The van der Waals surface area contributed by atoms with E-state index in [0.717, 1.165) is 0 Å². The second-order valence-electron chi connectivity index (χ2n) is 4.05. The maximum absolute atomic E-state index is 13.3. The van der Waals surface area contributed by atoms with Gasteiger partial charge in [0, 0.05) is 5.56 Å². The van der Waals surface area contributed by atoms with Crippen LogP contribution in [0.2, 0.25) is 0 Å². The van der Waals surface area contributed by atoms with Crippen LogP contribution in [0.15, 0.2) is 35.4 Å². The Morgan fingerprint density at radius 3 is 1.91 bits per heavy atom. The van der Waals surface area contributed by atoms with Gasteiger partial charge in [0.15, 0.2) is 23.3 Å². The second-order valence-corrected chi connectivity index (χ2v) is 4.05. The summed E-state index contributed by atoms with van der Waals surface area (Å²) in [5.74, 6) is -11.2. The molecule has 114 valence electrons. The van der Waals surface area contributed by atoms with Gasteiger partial charge in [-0.05, 0) is 12.1 Å². The smallest absolute Gasteiger partial charge is 0.267 e. The molecule has 0 heterocycles. The van der Waals surface area contributed by atoms with Gasteiger partial charge < -0.3 is 0 Å². The highest BCUT2D eigenvalue weighted by molar-refractivity contribution is 5.94. The minimum Gasteiger partial charge on any atom is -0.267 e. The fraction of sp³-hybridized carbons (Fsp3) is 0. The molecular formula is C14H7F5N2O. The number of nitrogens with one attached hydrogen (secondary N) is 1. The third-order valence-electron chi connectivity index (χ3n) is 2.64. The van der Waals surface area contributed by atoms with Crippen LogP contribution in [0.5, 0.6) is 0 Å². The van der Waals surface area contributed by atoms with Crippen molar-refractivity contribution in [2.45, 2.75) is 0 Å². The molecule has 2 rings (SSSR count). The molecule has 3 nitrogen and oxygen atoms in total. The van der Waals surface area contributed by atoms with Crippen molar-refractivity contribution in [3.05, 3.63) is 70.5 Å². The highest BCUT2D eigenvalue weighted by atomic mass is 19.2. The molecule has 0 unspecified atom stereocenters. The topological polar surface area (TPSA) is 41.5 Å². The molecule has 0 aromatic heterocycles. The number of carbonyl (C=O) groups excluding carboxylic acids is 1.